The van der Waals surface area contributed by atoms with E-state index >= 15 is 0 Å². The molecule has 1 amide bonds. The SMILES string of the molecule is CC(=O)NCC(=Cc1cnc(Cl)nc1Cl)B1OC(C)(C)C(C)(C)O1. The standard InChI is InChI=1S/C15H20BCl2N3O3/c1-9(22)19-8-11(6-10-7-20-13(18)21-12(10)17)16-23-14(2,3)15(4,5)24-16/h6-7H,8H2,1-5H3,(H,19,22). The Balaban J connectivity index is 2.35. The third-order valence-electron chi connectivity index (χ3n) is 4.18. The Kier molecular flexibility index (Phi) is 5.59. The lowest BCUT2D eigenvalue weighted by atomic mass is 9.77. The minimum Gasteiger partial charge on any atom is -0.400 e. The third kappa shape index (κ3) is 4.27. The molecule has 2 rings (SSSR count). The van der Waals surface area contributed by atoms with E-state index in [1.54, 1.807) is 6.08 Å². The summed E-state index contributed by atoms with van der Waals surface area (Å²) < 4.78 is 12.1. The Hall–Kier alpha value is -1.15. The highest BCUT2D eigenvalue weighted by Gasteiger charge is 2.52. The van der Waals surface area contributed by atoms with Gasteiger partial charge in [-0.25, -0.2) is 9.97 Å². The Morgan fingerprint density at radius 2 is 1.88 bits per heavy atom. The van der Waals surface area contributed by atoms with E-state index in [1.807, 2.05) is 27.7 Å². The Labute approximate surface area is 152 Å². The van der Waals surface area contributed by atoms with Crippen molar-refractivity contribution < 1.29 is 14.1 Å². The van der Waals surface area contributed by atoms with Crippen LogP contribution >= 0.6 is 23.2 Å². The monoisotopic (exact) mass is 371 g/mol. The molecule has 9 heteroatoms. The molecule has 1 aliphatic heterocycles. The number of carbonyl (C=O) groups excluding carboxylic acids is 1. The van der Waals surface area contributed by atoms with Crippen LogP contribution in [0.25, 0.3) is 6.08 Å². The number of hydrogen-bond acceptors (Lipinski definition) is 5. The molecule has 0 saturated carbocycles. The predicted octanol–water partition coefficient (Wildman–Crippen LogP) is 2.93. The van der Waals surface area contributed by atoms with Gasteiger partial charge in [0, 0.05) is 25.2 Å². The predicted molar refractivity (Wildman–Crippen MR) is 94.8 cm³/mol. The molecular weight excluding hydrogens is 352 g/mol. The van der Waals surface area contributed by atoms with Crippen molar-refractivity contribution in [3.63, 3.8) is 0 Å². The van der Waals surface area contributed by atoms with E-state index in [1.165, 1.54) is 13.1 Å². The molecule has 6 nitrogen and oxygen atoms in total. The molecule has 24 heavy (non-hydrogen) atoms. The molecule has 1 aromatic rings. The van der Waals surface area contributed by atoms with Crippen molar-refractivity contribution in [2.45, 2.75) is 45.8 Å². The number of aromatic nitrogens is 2. The smallest absolute Gasteiger partial charge is 0.400 e. The van der Waals surface area contributed by atoms with Gasteiger partial charge in [0.2, 0.25) is 11.2 Å². The molecule has 0 radical (unpaired) electrons. The van der Waals surface area contributed by atoms with Gasteiger partial charge < -0.3 is 14.6 Å². The van der Waals surface area contributed by atoms with Gasteiger partial charge in [-0.15, -0.1) is 0 Å². The molecule has 0 aromatic carbocycles. The van der Waals surface area contributed by atoms with Crippen molar-refractivity contribution in [2.75, 3.05) is 6.54 Å². The van der Waals surface area contributed by atoms with Crippen LogP contribution in [0.2, 0.25) is 10.4 Å². The van der Waals surface area contributed by atoms with E-state index in [0.29, 0.717) is 11.0 Å². The minimum absolute atomic E-state index is 0.0659. The molecular formula is C15H20BCl2N3O3. The number of hydrogen-bond donors (Lipinski definition) is 1. The third-order valence-corrected chi connectivity index (χ3v) is 4.66. The normalized spacial score (nSPS) is 19.5. The second kappa shape index (κ2) is 7.00. The van der Waals surface area contributed by atoms with Crippen molar-refractivity contribution in [2.24, 2.45) is 0 Å². The molecule has 130 valence electrons. The first kappa shape index (κ1) is 19.2. The van der Waals surface area contributed by atoms with Crippen LogP contribution < -0.4 is 5.32 Å². The summed E-state index contributed by atoms with van der Waals surface area (Å²) in [5, 5.41) is 3.03. The molecule has 0 spiro atoms. The topological polar surface area (TPSA) is 73.3 Å². The van der Waals surface area contributed by atoms with Crippen molar-refractivity contribution in [3.8, 4) is 0 Å². The molecule has 0 atom stereocenters. The summed E-state index contributed by atoms with van der Waals surface area (Å²) in [6, 6.07) is 0. The van der Waals surface area contributed by atoms with Crippen LogP contribution in [-0.4, -0.2) is 40.7 Å². The largest absolute Gasteiger partial charge is 0.492 e. The van der Waals surface area contributed by atoms with E-state index in [0.717, 1.165) is 0 Å². The van der Waals surface area contributed by atoms with E-state index in [9.17, 15) is 4.79 Å². The van der Waals surface area contributed by atoms with Gasteiger partial charge in [0.25, 0.3) is 0 Å². The van der Waals surface area contributed by atoms with E-state index in [2.05, 4.69) is 15.3 Å². The van der Waals surface area contributed by atoms with Crippen LogP contribution in [0.5, 0.6) is 0 Å². The van der Waals surface area contributed by atoms with E-state index in [-0.39, 0.29) is 22.9 Å². The molecule has 0 aliphatic carbocycles. The number of carbonyl (C=O) groups is 1. The summed E-state index contributed by atoms with van der Waals surface area (Å²) in [4.78, 5) is 19.1. The quantitative estimate of drug-likeness (QED) is 0.500. The van der Waals surface area contributed by atoms with Gasteiger partial charge in [0.1, 0.15) is 5.15 Å². The Morgan fingerprint density at radius 1 is 1.29 bits per heavy atom. The number of amides is 1. The zero-order chi connectivity index (χ0) is 18.1. The molecule has 1 aliphatic rings. The van der Waals surface area contributed by atoms with Crippen LogP contribution in [-0.2, 0) is 14.1 Å². The van der Waals surface area contributed by atoms with Gasteiger partial charge >= 0.3 is 7.12 Å². The highest BCUT2D eigenvalue weighted by molar-refractivity contribution is 6.56. The average molecular weight is 372 g/mol. The second-order valence-corrected chi connectivity index (χ2v) is 7.30. The van der Waals surface area contributed by atoms with E-state index in [4.69, 9.17) is 32.5 Å². The highest BCUT2D eigenvalue weighted by Crippen LogP contribution is 2.38. The average Bonchev–Trinajstić information content (AvgIpc) is 2.65. The summed E-state index contributed by atoms with van der Waals surface area (Å²) in [6.45, 7) is 9.54. The minimum atomic E-state index is -0.617. The zero-order valence-electron chi connectivity index (χ0n) is 14.3. The first-order chi connectivity index (χ1) is 11.0. The first-order valence-electron chi connectivity index (χ1n) is 7.50. The van der Waals surface area contributed by atoms with E-state index < -0.39 is 18.3 Å². The maximum Gasteiger partial charge on any atom is 0.492 e. The van der Waals surface area contributed by atoms with Crippen LogP contribution in [0.3, 0.4) is 0 Å². The summed E-state index contributed by atoms with van der Waals surface area (Å²) >= 11 is 11.8. The number of rotatable bonds is 4. The van der Waals surface area contributed by atoms with Crippen LogP contribution in [0.1, 0.15) is 40.2 Å². The number of halogens is 2. The number of nitrogens with one attached hydrogen (secondary N) is 1. The molecule has 0 bridgehead atoms. The number of nitrogens with zero attached hydrogens (tertiary/aromatic N) is 2. The lowest BCUT2D eigenvalue weighted by Crippen LogP contribution is -2.41. The van der Waals surface area contributed by atoms with Crippen LogP contribution in [0, 0.1) is 0 Å². The molecule has 1 aromatic heterocycles. The lowest BCUT2D eigenvalue weighted by Gasteiger charge is -2.32. The Bertz CT molecular complexity index is 664. The summed E-state index contributed by atoms with van der Waals surface area (Å²) in [6.07, 6.45) is 3.26. The molecule has 1 fully saturated rings. The van der Waals surface area contributed by atoms with Gasteiger partial charge in [0.15, 0.2) is 0 Å². The van der Waals surface area contributed by atoms with Gasteiger partial charge in [0.05, 0.1) is 11.2 Å². The van der Waals surface area contributed by atoms with Crippen molar-refractivity contribution >= 4 is 42.3 Å². The fourth-order valence-corrected chi connectivity index (χ4v) is 2.43. The zero-order valence-corrected chi connectivity index (χ0v) is 15.8. The second-order valence-electron chi connectivity index (χ2n) is 6.60. The maximum atomic E-state index is 11.3. The fourth-order valence-electron chi connectivity index (χ4n) is 2.07. The molecule has 1 N–H and O–H groups in total. The summed E-state index contributed by atoms with van der Waals surface area (Å²) in [7, 11) is -0.617. The Morgan fingerprint density at radius 3 is 2.38 bits per heavy atom. The van der Waals surface area contributed by atoms with Gasteiger partial charge in [-0.05, 0) is 44.8 Å². The van der Waals surface area contributed by atoms with Gasteiger partial charge in [-0.1, -0.05) is 17.7 Å². The maximum absolute atomic E-state index is 11.3. The van der Waals surface area contributed by atoms with Crippen LogP contribution in [0.4, 0.5) is 0 Å². The van der Waals surface area contributed by atoms with Gasteiger partial charge in [-0.2, -0.15) is 0 Å². The molecule has 1 saturated heterocycles. The van der Waals surface area contributed by atoms with Gasteiger partial charge in [-0.3, -0.25) is 4.79 Å². The lowest BCUT2D eigenvalue weighted by molar-refractivity contribution is -0.118. The molecule has 2 heterocycles. The highest BCUT2D eigenvalue weighted by atomic mass is 35.5. The van der Waals surface area contributed by atoms with Crippen molar-refractivity contribution in [1.29, 1.82) is 0 Å². The summed E-state index contributed by atoms with van der Waals surface area (Å²) in [5.74, 6) is -0.157. The molecule has 0 unspecified atom stereocenters. The van der Waals surface area contributed by atoms with Crippen LogP contribution in [0.15, 0.2) is 11.7 Å². The van der Waals surface area contributed by atoms with Crippen molar-refractivity contribution in [1.82, 2.24) is 15.3 Å². The van der Waals surface area contributed by atoms with Crippen molar-refractivity contribution in [3.05, 3.63) is 27.7 Å². The summed E-state index contributed by atoms with van der Waals surface area (Å²) in [5.41, 5.74) is 0.286. The first-order valence-corrected chi connectivity index (χ1v) is 8.26. The fraction of sp³-hybridized carbons (Fsp3) is 0.533.